The van der Waals surface area contributed by atoms with Crippen molar-refractivity contribution in [3.8, 4) is 0 Å². The molecule has 18 heavy (non-hydrogen) atoms. The summed E-state index contributed by atoms with van der Waals surface area (Å²) < 4.78 is 0. The normalized spacial score (nSPS) is 10.3. The quantitative estimate of drug-likeness (QED) is 0.466. The Morgan fingerprint density at radius 3 is 1.17 bits per heavy atom. The molecule has 0 aromatic rings. The molecule has 104 valence electrons. The molecule has 0 heterocycles. The van der Waals surface area contributed by atoms with Crippen molar-refractivity contribution in [1.82, 2.24) is 0 Å². The summed E-state index contributed by atoms with van der Waals surface area (Å²) in [6.45, 7) is 0.315. The van der Waals surface area contributed by atoms with Crippen molar-refractivity contribution in [2.45, 2.75) is 38.5 Å². The second-order valence-corrected chi connectivity index (χ2v) is 3.86. The van der Waals surface area contributed by atoms with E-state index in [-0.39, 0.29) is 69.1 Å². The second kappa shape index (κ2) is 11.0. The summed E-state index contributed by atoms with van der Waals surface area (Å²) in [5.41, 5.74) is 0. The SMILES string of the molecule is NOCCC(=O)CCC(=O)CCC(=O)CCON. The van der Waals surface area contributed by atoms with Gasteiger partial charge in [-0.1, -0.05) is 0 Å². The Balaban J connectivity index is 3.59. The van der Waals surface area contributed by atoms with Crippen molar-refractivity contribution in [2.24, 2.45) is 11.8 Å². The Morgan fingerprint density at radius 1 is 0.611 bits per heavy atom. The molecule has 0 spiro atoms. The van der Waals surface area contributed by atoms with Crippen LogP contribution in [0.3, 0.4) is 0 Å². The predicted molar refractivity (Wildman–Crippen MR) is 63.0 cm³/mol. The molecule has 0 atom stereocenters. The van der Waals surface area contributed by atoms with Crippen molar-refractivity contribution >= 4 is 17.3 Å². The van der Waals surface area contributed by atoms with E-state index < -0.39 is 0 Å². The first kappa shape index (κ1) is 16.9. The minimum Gasteiger partial charge on any atom is -0.304 e. The first-order valence-electron chi connectivity index (χ1n) is 5.78. The molecule has 0 aliphatic heterocycles. The van der Waals surface area contributed by atoms with Gasteiger partial charge in [-0.3, -0.25) is 14.4 Å². The molecule has 0 unspecified atom stereocenters. The summed E-state index contributed by atoms with van der Waals surface area (Å²) in [6, 6.07) is 0. The van der Waals surface area contributed by atoms with Crippen molar-refractivity contribution in [3.63, 3.8) is 0 Å². The average molecular weight is 260 g/mol. The zero-order valence-electron chi connectivity index (χ0n) is 10.4. The van der Waals surface area contributed by atoms with Crippen molar-refractivity contribution in [2.75, 3.05) is 13.2 Å². The lowest BCUT2D eigenvalue weighted by atomic mass is 10.0. The maximum Gasteiger partial charge on any atom is 0.135 e. The van der Waals surface area contributed by atoms with Crippen LogP contribution >= 0.6 is 0 Å². The number of hydrogen-bond acceptors (Lipinski definition) is 7. The predicted octanol–water partition coefficient (Wildman–Crippen LogP) is -0.185. The molecular weight excluding hydrogens is 240 g/mol. The molecule has 0 aliphatic carbocycles. The molecule has 0 aromatic heterocycles. The molecule has 4 N–H and O–H groups in total. The standard InChI is InChI=1S/C11H20N2O5/c12-17-7-5-10(15)3-1-9(14)2-4-11(16)6-8-18-13/h1-8,12-13H2. The van der Waals surface area contributed by atoms with Crippen LogP contribution in [0.2, 0.25) is 0 Å². The van der Waals surface area contributed by atoms with Gasteiger partial charge in [-0.2, -0.15) is 0 Å². The van der Waals surface area contributed by atoms with Crippen LogP contribution in [-0.4, -0.2) is 30.6 Å². The molecule has 0 saturated carbocycles. The summed E-state index contributed by atoms with van der Waals surface area (Å²) in [5.74, 6) is 9.31. The number of nitrogens with two attached hydrogens (primary N) is 2. The summed E-state index contributed by atoms with van der Waals surface area (Å²) in [4.78, 5) is 42.3. The fourth-order valence-corrected chi connectivity index (χ4v) is 1.28. The van der Waals surface area contributed by atoms with Crippen LogP contribution in [0.5, 0.6) is 0 Å². The van der Waals surface area contributed by atoms with E-state index in [0.29, 0.717) is 0 Å². The molecule has 0 radical (unpaired) electrons. The Kier molecular flexibility index (Phi) is 10.3. The third kappa shape index (κ3) is 10.0. The molecular formula is C11H20N2O5. The zero-order valence-corrected chi connectivity index (χ0v) is 10.4. The van der Waals surface area contributed by atoms with E-state index in [1.807, 2.05) is 0 Å². The molecule has 0 rings (SSSR count). The van der Waals surface area contributed by atoms with Crippen molar-refractivity contribution in [1.29, 1.82) is 0 Å². The molecule has 0 amide bonds. The van der Waals surface area contributed by atoms with Gasteiger partial charge in [-0.05, 0) is 0 Å². The van der Waals surface area contributed by atoms with E-state index in [4.69, 9.17) is 11.8 Å². The molecule has 0 fully saturated rings. The highest BCUT2D eigenvalue weighted by Gasteiger charge is 2.09. The Morgan fingerprint density at radius 2 is 0.889 bits per heavy atom. The van der Waals surface area contributed by atoms with Crippen molar-refractivity contribution in [3.05, 3.63) is 0 Å². The van der Waals surface area contributed by atoms with Gasteiger partial charge in [0.05, 0.1) is 13.2 Å². The lowest BCUT2D eigenvalue weighted by Gasteiger charge is -2.01. The second-order valence-electron chi connectivity index (χ2n) is 3.86. The Labute approximate surface area is 106 Å². The van der Waals surface area contributed by atoms with E-state index in [0.717, 1.165) is 0 Å². The molecule has 7 heteroatoms. The Hall–Kier alpha value is -1.15. The van der Waals surface area contributed by atoms with Gasteiger partial charge in [0.25, 0.3) is 0 Å². The first-order chi connectivity index (χ1) is 8.60. The van der Waals surface area contributed by atoms with Gasteiger partial charge < -0.3 is 9.68 Å². The maximum absolute atomic E-state index is 11.4. The Bertz CT molecular complexity index is 255. The minimum atomic E-state index is -0.0981. The highest BCUT2D eigenvalue weighted by atomic mass is 16.6. The fourth-order valence-electron chi connectivity index (χ4n) is 1.28. The maximum atomic E-state index is 11.4. The molecule has 0 aromatic carbocycles. The van der Waals surface area contributed by atoms with Crippen LogP contribution < -0.4 is 11.8 Å². The van der Waals surface area contributed by atoms with Crippen LogP contribution in [0.4, 0.5) is 0 Å². The third-order valence-electron chi connectivity index (χ3n) is 2.36. The highest BCUT2D eigenvalue weighted by molar-refractivity contribution is 5.89. The lowest BCUT2D eigenvalue weighted by molar-refractivity contribution is -0.126. The van der Waals surface area contributed by atoms with Gasteiger partial charge in [0.2, 0.25) is 0 Å². The van der Waals surface area contributed by atoms with Gasteiger partial charge in [-0.25, -0.2) is 11.8 Å². The number of carbonyl (C=O) groups is 3. The fraction of sp³-hybridized carbons (Fsp3) is 0.727. The highest BCUT2D eigenvalue weighted by Crippen LogP contribution is 2.03. The minimum absolute atomic E-state index is 0.0725. The topological polar surface area (TPSA) is 122 Å². The van der Waals surface area contributed by atoms with Crippen LogP contribution in [0, 0.1) is 0 Å². The molecule has 0 bridgehead atoms. The molecule has 0 saturated heterocycles. The van der Waals surface area contributed by atoms with E-state index in [1.54, 1.807) is 0 Å². The molecule has 0 aliphatic rings. The number of rotatable bonds is 12. The van der Waals surface area contributed by atoms with Crippen LogP contribution in [0.15, 0.2) is 0 Å². The van der Waals surface area contributed by atoms with E-state index in [9.17, 15) is 14.4 Å². The van der Waals surface area contributed by atoms with Crippen LogP contribution in [-0.2, 0) is 24.1 Å². The summed E-state index contributed by atoms with van der Waals surface area (Å²) in [5, 5.41) is 0. The van der Waals surface area contributed by atoms with E-state index in [2.05, 4.69) is 9.68 Å². The monoisotopic (exact) mass is 260 g/mol. The van der Waals surface area contributed by atoms with Gasteiger partial charge >= 0.3 is 0 Å². The number of Topliss-reactive ketones (excluding diaryl/α,β-unsaturated/α-hetero) is 3. The first-order valence-corrected chi connectivity index (χ1v) is 5.78. The smallest absolute Gasteiger partial charge is 0.135 e. The van der Waals surface area contributed by atoms with Gasteiger partial charge in [0.1, 0.15) is 17.3 Å². The number of hydrogen-bond donors (Lipinski definition) is 2. The average Bonchev–Trinajstić information content (AvgIpc) is 2.37. The summed E-state index contributed by atoms with van der Waals surface area (Å²) in [6.07, 6.45) is 1.06. The number of carbonyl (C=O) groups excluding carboxylic acids is 3. The van der Waals surface area contributed by atoms with Gasteiger partial charge in [0.15, 0.2) is 0 Å². The largest absolute Gasteiger partial charge is 0.304 e. The zero-order chi connectivity index (χ0) is 13.8. The van der Waals surface area contributed by atoms with E-state index >= 15 is 0 Å². The summed E-state index contributed by atoms with van der Waals surface area (Å²) in [7, 11) is 0. The van der Waals surface area contributed by atoms with Gasteiger partial charge in [-0.15, -0.1) is 0 Å². The van der Waals surface area contributed by atoms with E-state index in [1.165, 1.54) is 0 Å². The number of ketones is 3. The van der Waals surface area contributed by atoms with Crippen LogP contribution in [0.25, 0.3) is 0 Å². The van der Waals surface area contributed by atoms with Crippen molar-refractivity contribution < 1.29 is 24.1 Å². The summed E-state index contributed by atoms with van der Waals surface area (Å²) >= 11 is 0. The van der Waals surface area contributed by atoms with Gasteiger partial charge in [0, 0.05) is 38.5 Å². The van der Waals surface area contributed by atoms with Crippen LogP contribution in [0.1, 0.15) is 38.5 Å². The lowest BCUT2D eigenvalue weighted by Crippen LogP contribution is -2.11. The molecule has 7 nitrogen and oxygen atoms in total. The third-order valence-corrected chi connectivity index (χ3v) is 2.36.